The first-order chi connectivity index (χ1) is 12.0. The van der Waals surface area contributed by atoms with Crippen LogP contribution in [0, 0.1) is 0 Å². The van der Waals surface area contributed by atoms with Crippen molar-refractivity contribution in [1.29, 1.82) is 0 Å². The number of ether oxygens (including phenoxy) is 2. The number of rotatable bonds is 6. The van der Waals surface area contributed by atoms with Crippen molar-refractivity contribution in [2.24, 2.45) is 0 Å². The van der Waals surface area contributed by atoms with Gasteiger partial charge in [0.25, 0.3) is 0 Å². The number of amides is 1. The number of carbonyl (C=O) groups excluding carboxylic acids is 2. The lowest BCUT2D eigenvalue weighted by atomic mass is 10.0. The van der Waals surface area contributed by atoms with Gasteiger partial charge in [-0.05, 0) is 31.5 Å². The Morgan fingerprint density at radius 3 is 2.35 bits per heavy atom. The molecule has 2 rings (SSSR count). The van der Waals surface area contributed by atoms with Gasteiger partial charge in [0, 0.05) is 5.57 Å². The van der Waals surface area contributed by atoms with Crippen molar-refractivity contribution in [2.45, 2.75) is 38.1 Å². The lowest BCUT2D eigenvalue weighted by molar-refractivity contribution is -0.202. The highest BCUT2D eigenvalue weighted by molar-refractivity contribution is 5.95. The van der Waals surface area contributed by atoms with Crippen LogP contribution >= 0.6 is 0 Å². The van der Waals surface area contributed by atoms with Crippen LogP contribution in [0.3, 0.4) is 0 Å². The first-order valence-corrected chi connectivity index (χ1v) is 7.95. The molecule has 1 atom stereocenters. The molecule has 1 aromatic rings. The van der Waals surface area contributed by atoms with Gasteiger partial charge in [0.15, 0.2) is 5.60 Å². The summed E-state index contributed by atoms with van der Waals surface area (Å²) in [5, 5.41) is 2.62. The Balaban J connectivity index is 1.86. The van der Waals surface area contributed by atoms with Gasteiger partial charge in [-0.1, -0.05) is 18.7 Å². The maximum Gasteiger partial charge on any atom is 0.416 e. The summed E-state index contributed by atoms with van der Waals surface area (Å²) in [7, 11) is 0. The van der Waals surface area contributed by atoms with Crippen LogP contribution in [0.25, 0.3) is 0 Å². The Labute approximate surface area is 149 Å². The predicted molar refractivity (Wildman–Crippen MR) is 87.1 cm³/mol. The lowest BCUT2D eigenvalue weighted by Crippen LogP contribution is -2.50. The maximum absolute atomic E-state index is 12.6. The molecule has 1 fully saturated rings. The fourth-order valence-electron chi connectivity index (χ4n) is 2.35. The molecule has 1 aromatic carbocycles. The topological polar surface area (TPSA) is 64.6 Å². The van der Waals surface area contributed by atoms with Crippen LogP contribution < -0.4 is 5.32 Å². The van der Waals surface area contributed by atoms with Gasteiger partial charge in [0.05, 0.1) is 31.2 Å². The Bertz CT molecular complexity index is 693. The highest BCUT2D eigenvalue weighted by atomic mass is 19.4. The molecule has 142 valence electrons. The maximum atomic E-state index is 12.6. The number of benzene rings is 1. The summed E-state index contributed by atoms with van der Waals surface area (Å²) < 4.78 is 47.9. The summed E-state index contributed by atoms with van der Waals surface area (Å²) in [5.74, 6) is -1.15. The summed E-state index contributed by atoms with van der Waals surface area (Å²) in [4.78, 5) is 23.9. The molecular weight excluding hydrogens is 351 g/mol. The Hall–Kier alpha value is -2.35. The molecule has 1 aliphatic heterocycles. The summed E-state index contributed by atoms with van der Waals surface area (Å²) >= 11 is 0. The van der Waals surface area contributed by atoms with E-state index in [0.717, 1.165) is 12.1 Å². The minimum atomic E-state index is -4.41. The molecule has 0 saturated carbocycles. The summed E-state index contributed by atoms with van der Waals surface area (Å²) in [6.07, 6.45) is -4.67. The first-order valence-electron chi connectivity index (χ1n) is 7.95. The summed E-state index contributed by atoms with van der Waals surface area (Å²) in [6, 6.07) is 3.99. The smallest absolute Gasteiger partial charge is 0.416 e. The third-order valence-corrected chi connectivity index (χ3v) is 3.93. The molecule has 0 unspecified atom stereocenters. The highest BCUT2D eigenvalue weighted by Crippen LogP contribution is 2.30. The molecular formula is C18H20F3NO4. The molecule has 1 N–H and O–H groups in total. The van der Waals surface area contributed by atoms with Gasteiger partial charge in [-0.25, -0.2) is 4.79 Å². The molecule has 1 amide bonds. The average Bonchev–Trinajstić information content (AvgIpc) is 2.52. The summed E-state index contributed by atoms with van der Waals surface area (Å²) in [6.45, 7) is 7.49. The Kier molecular flexibility index (Phi) is 5.75. The van der Waals surface area contributed by atoms with Crippen molar-refractivity contribution in [2.75, 3.05) is 13.2 Å². The number of alkyl halides is 3. The SMILES string of the molecule is C=C(CC(=O)N[C@@H](C)c1ccc(C(F)(F)F)cc1)C(=O)OC1(C)COC1. The standard InChI is InChI=1S/C18H20F3NO4/c1-11(16(24)26-17(3)9-25-10-17)8-15(23)22-12(2)13-4-6-14(7-5-13)18(19,20)21/h4-7,12H,1,8-10H2,2-3H3,(H,22,23)/t12-/m0/s1. The second kappa shape index (κ2) is 7.49. The van der Waals surface area contributed by atoms with E-state index < -0.39 is 35.3 Å². The molecule has 0 bridgehead atoms. The van der Waals surface area contributed by atoms with Crippen molar-refractivity contribution in [3.63, 3.8) is 0 Å². The van der Waals surface area contributed by atoms with E-state index in [1.54, 1.807) is 13.8 Å². The van der Waals surface area contributed by atoms with Gasteiger partial charge in [-0.15, -0.1) is 0 Å². The zero-order valence-corrected chi connectivity index (χ0v) is 14.5. The zero-order valence-electron chi connectivity index (χ0n) is 14.5. The molecule has 5 nitrogen and oxygen atoms in total. The molecule has 1 saturated heterocycles. The van der Waals surface area contributed by atoms with Crippen LogP contribution in [0.5, 0.6) is 0 Å². The average molecular weight is 371 g/mol. The van der Waals surface area contributed by atoms with Crippen molar-refractivity contribution < 1.29 is 32.2 Å². The molecule has 26 heavy (non-hydrogen) atoms. The van der Waals surface area contributed by atoms with E-state index in [9.17, 15) is 22.8 Å². The molecule has 0 aromatic heterocycles. The zero-order chi connectivity index (χ0) is 19.5. The van der Waals surface area contributed by atoms with Crippen molar-refractivity contribution in [1.82, 2.24) is 5.32 Å². The van der Waals surface area contributed by atoms with E-state index in [4.69, 9.17) is 9.47 Å². The second-order valence-corrected chi connectivity index (χ2v) is 6.52. The lowest BCUT2D eigenvalue weighted by Gasteiger charge is -2.37. The largest absolute Gasteiger partial charge is 0.451 e. The van der Waals surface area contributed by atoms with Crippen molar-refractivity contribution in [3.05, 3.63) is 47.5 Å². The fourth-order valence-corrected chi connectivity index (χ4v) is 2.35. The van der Waals surface area contributed by atoms with Gasteiger partial charge < -0.3 is 14.8 Å². The third-order valence-electron chi connectivity index (χ3n) is 3.93. The molecule has 1 aliphatic rings. The predicted octanol–water partition coefficient (Wildman–Crippen LogP) is 3.16. The number of hydrogen-bond donors (Lipinski definition) is 1. The molecule has 0 spiro atoms. The van der Waals surface area contributed by atoms with Crippen LogP contribution in [-0.4, -0.2) is 30.7 Å². The van der Waals surface area contributed by atoms with Crippen molar-refractivity contribution >= 4 is 11.9 Å². The van der Waals surface area contributed by atoms with Crippen LogP contribution in [0.4, 0.5) is 13.2 Å². The van der Waals surface area contributed by atoms with E-state index in [-0.39, 0.29) is 12.0 Å². The number of carbonyl (C=O) groups is 2. The third kappa shape index (κ3) is 5.08. The Morgan fingerprint density at radius 2 is 1.88 bits per heavy atom. The summed E-state index contributed by atoms with van der Waals surface area (Å²) in [5.41, 5.74) is -0.942. The number of esters is 1. The van der Waals surface area contributed by atoms with E-state index in [0.29, 0.717) is 18.8 Å². The second-order valence-electron chi connectivity index (χ2n) is 6.52. The molecule has 0 radical (unpaired) electrons. The van der Waals surface area contributed by atoms with Gasteiger partial charge in [-0.3, -0.25) is 4.79 Å². The van der Waals surface area contributed by atoms with Gasteiger partial charge in [0.2, 0.25) is 5.91 Å². The van der Waals surface area contributed by atoms with Crippen LogP contribution in [0.2, 0.25) is 0 Å². The molecule has 1 heterocycles. The first kappa shape index (κ1) is 20.0. The minimum absolute atomic E-state index is 0.00440. The molecule has 8 heteroatoms. The van der Waals surface area contributed by atoms with Crippen LogP contribution in [-0.2, 0) is 25.2 Å². The fraction of sp³-hybridized carbons (Fsp3) is 0.444. The van der Waals surface area contributed by atoms with Crippen molar-refractivity contribution in [3.8, 4) is 0 Å². The normalized spacial score (nSPS) is 17.0. The highest BCUT2D eigenvalue weighted by Gasteiger charge is 2.38. The van der Waals surface area contributed by atoms with Gasteiger partial charge in [0.1, 0.15) is 0 Å². The number of hydrogen-bond acceptors (Lipinski definition) is 4. The number of halogens is 3. The van der Waals surface area contributed by atoms with Gasteiger partial charge in [-0.2, -0.15) is 13.2 Å². The van der Waals surface area contributed by atoms with E-state index in [1.165, 1.54) is 12.1 Å². The van der Waals surface area contributed by atoms with Crippen LogP contribution in [0.1, 0.15) is 37.4 Å². The van der Waals surface area contributed by atoms with Gasteiger partial charge >= 0.3 is 12.1 Å². The number of nitrogens with one attached hydrogen (secondary N) is 1. The van der Waals surface area contributed by atoms with E-state index in [2.05, 4.69) is 11.9 Å². The van der Waals surface area contributed by atoms with E-state index >= 15 is 0 Å². The van der Waals surface area contributed by atoms with E-state index in [1.807, 2.05) is 0 Å². The monoisotopic (exact) mass is 371 g/mol. The molecule has 0 aliphatic carbocycles. The quantitative estimate of drug-likeness (QED) is 0.616. The van der Waals surface area contributed by atoms with Crippen LogP contribution in [0.15, 0.2) is 36.4 Å². The Morgan fingerprint density at radius 1 is 1.31 bits per heavy atom. The minimum Gasteiger partial charge on any atom is -0.451 e.